The van der Waals surface area contributed by atoms with Gasteiger partial charge >= 0.3 is 0 Å². The monoisotopic (exact) mass is 261 g/mol. The van der Waals surface area contributed by atoms with E-state index in [-0.39, 0.29) is 5.91 Å². The third-order valence-electron chi connectivity index (χ3n) is 2.60. The Morgan fingerprint density at radius 2 is 2.17 bits per heavy atom. The lowest BCUT2D eigenvalue weighted by atomic mass is 10.1. The molecule has 1 heterocycles. The number of benzene rings is 1. The maximum atomic E-state index is 12.2. The van der Waals surface area contributed by atoms with Gasteiger partial charge in [0.15, 0.2) is 0 Å². The summed E-state index contributed by atoms with van der Waals surface area (Å²) >= 11 is 1.60. The number of nitrogen functional groups attached to an aromatic ring is 1. The molecule has 1 amide bonds. The summed E-state index contributed by atoms with van der Waals surface area (Å²) in [6, 6.07) is 7.11. The smallest absolute Gasteiger partial charge is 0.256 e. The van der Waals surface area contributed by atoms with Crippen LogP contribution in [0.15, 0.2) is 30.5 Å². The zero-order valence-corrected chi connectivity index (χ0v) is 11.2. The van der Waals surface area contributed by atoms with Crippen molar-refractivity contribution in [2.24, 2.45) is 0 Å². The van der Waals surface area contributed by atoms with Crippen LogP contribution in [-0.4, -0.2) is 22.8 Å². The van der Waals surface area contributed by atoms with Gasteiger partial charge in [0.05, 0.1) is 17.1 Å². The highest BCUT2D eigenvalue weighted by Gasteiger charge is 2.15. The van der Waals surface area contributed by atoms with Gasteiger partial charge in [-0.25, -0.2) is 4.98 Å². The van der Waals surface area contributed by atoms with Crippen LogP contribution in [0.5, 0.6) is 0 Å². The predicted octanol–water partition coefficient (Wildman–Crippen LogP) is 2.31. The van der Waals surface area contributed by atoms with E-state index in [0.29, 0.717) is 17.8 Å². The number of carbonyl (C=O) groups is 1. The van der Waals surface area contributed by atoms with E-state index < -0.39 is 0 Å². The first-order chi connectivity index (χ1) is 8.58. The molecule has 2 N–H and O–H groups in total. The second-order valence-electron chi connectivity index (χ2n) is 4.09. The van der Waals surface area contributed by atoms with Crippen LogP contribution in [0.1, 0.15) is 20.2 Å². The molecule has 5 heteroatoms. The number of amides is 1. The normalized spacial score (nSPS) is 10.3. The number of para-hydroxylation sites is 1. The minimum atomic E-state index is -0.0702. The largest absolute Gasteiger partial charge is 0.398 e. The maximum Gasteiger partial charge on any atom is 0.256 e. The van der Waals surface area contributed by atoms with E-state index in [0.717, 1.165) is 9.88 Å². The summed E-state index contributed by atoms with van der Waals surface area (Å²) in [5.41, 5.74) is 6.85. The van der Waals surface area contributed by atoms with E-state index in [1.54, 1.807) is 41.6 Å². The number of aromatic nitrogens is 1. The summed E-state index contributed by atoms with van der Waals surface area (Å²) in [5.74, 6) is -0.0702. The van der Waals surface area contributed by atoms with Crippen LogP contribution in [-0.2, 0) is 6.54 Å². The van der Waals surface area contributed by atoms with E-state index in [2.05, 4.69) is 4.98 Å². The molecule has 0 aliphatic carbocycles. The SMILES string of the molecule is Cc1ncc(CN(C)C(=O)c2ccccc2N)s1. The number of thiazole rings is 1. The van der Waals surface area contributed by atoms with Crippen LogP contribution in [0.4, 0.5) is 5.69 Å². The Labute approximate surface area is 110 Å². The zero-order chi connectivity index (χ0) is 13.1. The number of carbonyl (C=O) groups excluding carboxylic acids is 1. The van der Waals surface area contributed by atoms with Crippen LogP contribution in [0.25, 0.3) is 0 Å². The first kappa shape index (κ1) is 12.6. The lowest BCUT2D eigenvalue weighted by Crippen LogP contribution is -2.26. The number of aryl methyl sites for hydroxylation is 1. The molecule has 0 fully saturated rings. The van der Waals surface area contributed by atoms with Gasteiger partial charge in [0.2, 0.25) is 0 Å². The van der Waals surface area contributed by atoms with Crippen LogP contribution >= 0.6 is 11.3 Å². The first-order valence-electron chi connectivity index (χ1n) is 5.59. The average Bonchev–Trinajstić information content (AvgIpc) is 2.74. The minimum absolute atomic E-state index is 0.0702. The molecular weight excluding hydrogens is 246 g/mol. The van der Waals surface area contributed by atoms with E-state index in [1.165, 1.54) is 0 Å². The maximum absolute atomic E-state index is 12.2. The highest BCUT2D eigenvalue weighted by atomic mass is 32.1. The van der Waals surface area contributed by atoms with Gasteiger partial charge in [-0.05, 0) is 19.1 Å². The third kappa shape index (κ3) is 2.68. The van der Waals surface area contributed by atoms with Crippen molar-refractivity contribution < 1.29 is 4.79 Å². The fourth-order valence-electron chi connectivity index (χ4n) is 1.68. The average molecular weight is 261 g/mol. The molecule has 94 valence electrons. The first-order valence-corrected chi connectivity index (χ1v) is 6.41. The lowest BCUT2D eigenvalue weighted by molar-refractivity contribution is 0.0787. The summed E-state index contributed by atoms with van der Waals surface area (Å²) < 4.78 is 0. The molecule has 2 rings (SSSR count). The predicted molar refractivity (Wildman–Crippen MR) is 73.5 cm³/mol. The Kier molecular flexibility index (Phi) is 3.62. The Balaban J connectivity index is 2.12. The van der Waals surface area contributed by atoms with Gasteiger partial charge in [-0.2, -0.15) is 0 Å². The van der Waals surface area contributed by atoms with Crippen LogP contribution < -0.4 is 5.73 Å². The molecule has 0 unspecified atom stereocenters. The second-order valence-corrected chi connectivity index (χ2v) is 5.41. The Hall–Kier alpha value is -1.88. The van der Waals surface area contributed by atoms with Gasteiger partial charge in [0, 0.05) is 23.8 Å². The molecule has 1 aromatic carbocycles. The van der Waals surface area contributed by atoms with Crippen LogP contribution in [0.3, 0.4) is 0 Å². The Bertz CT molecular complexity index is 565. The summed E-state index contributed by atoms with van der Waals surface area (Å²) in [7, 11) is 1.77. The van der Waals surface area contributed by atoms with Gasteiger partial charge in [-0.15, -0.1) is 11.3 Å². The van der Waals surface area contributed by atoms with E-state index in [9.17, 15) is 4.79 Å². The van der Waals surface area contributed by atoms with Crippen molar-refractivity contribution in [3.8, 4) is 0 Å². The quantitative estimate of drug-likeness (QED) is 0.862. The highest BCUT2D eigenvalue weighted by molar-refractivity contribution is 7.11. The summed E-state index contributed by atoms with van der Waals surface area (Å²) in [6.45, 7) is 2.50. The van der Waals surface area contributed by atoms with Crippen molar-refractivity contribution in [3.63, 3.8) is 0 Å². The zero-order valence-electron chi connectivity index (χ0n) is 10.4. The summed E-state index contributed by atoms with van der Waals surface area (Å²) in [5, 5.41) is 1.00. The molecule has 0 aliphatic heterocycles. The van der Waals surface area contributed by atoms with Crippen molar-refractivity contribution in [3.05, 3.63) is 45.9 Å². The van der Waals surface area contributed by atoms with Crippen molar-refractivity contribution in [2.75, 3.05) is 12.8 Å². The van der Waals surface area contributed by atoms with Gasteiger partial charge in [0.1, 0.15) is 0 Å². The molecule has 0 radical (unpaired) electrons. The van der Waals surface area contributed by atoms with Gasteiger partial charge in [-0.1, -0.05) is 12.1 Å². The lowest BCUT2D eigenvalue weighted by Gasteiger charge is -2.17. The van der Waals surface area contributed by atoms with Crippen molar-refractivity contribution in [2.45, 2.75) is 13.5 Å². The molecule has 0 bridgehead atoms. The van der Waals surface area contributed by atoms with Gasteiger partial charge in [0.25, 0.3) is 5.91 Å². The van der Waals surface area contributed by atoms with E-state index in [1.807, 2.05) is 19.1 Å². The molecule has 0 atom stereocenters. The number of nitrogens with zero attached hydrogens (tertiary/aromatic N) is 2. The Morgan fingerprint density at radius 1 is 1.44 bits per heavy atom. The standard InChI is InChI=1S/C13H15N3OS/c1-9-15-7-10(18-9)8-16(2)13(17)11-5-3-4-6-12(11)14/h3-7H,8,14H2,1-2H3. The fraction of sp³-hybridized carbons (Fsp3) is 0.231. The molecule has 2 aromatic rings. The number of nitrogens with two attached hydrogens (primary N) is 1. The number of anilines is 1. The Morgan fingerprint density at radius 3 is 2.78 bits per heavy atom. The molecule has 4 nitrogen and oxygen atoms in total. The topological polar surface area (TPSA) is 59.2 Å². The van der Waals surface area contributed by atoms with E-state index >= 15 is 0 Å². The van der Waals surface area contributed by atoms with Crippen molar-refractivity contribution >= 4 is 22.9 Å². The van der Waals surface area contributed by atoms with Crippen LogP contribution in [0, 0.1) is 6.92 Å². The highest BCUT2D eigenvalue weighted by Crippen LogP contribution is 2.17. The van der Waals surface area contributed by atoms with Crippen molar-refractivity contribution in [1.29, 1.82) is 0 Å². The number of hydrogen-bond donors (Lipinski definition) is 1. The molecule has 1 aromatic heterocycles. The van der Waals surface area contributed by atoms with Gasteiger partial charge in [-0.3, -0.25) is 4.79 Å². The molecule has 0 aliphatic rings. The minimum Gasteiger partial charge on any atom is -0.398 e. The van der Waals surface area contributed by atoms with Crippen molar-refractivity contribution in [1.82, 2.24) is 9.88 Å². The summed E-state index contributed by atoms with van der Waals surface area (Å²) in [6.07, 6.45) is 1.80. The molecule has 18 heavy (non-hydrogen) atoms. The molecule has 0 saturated heterocycles. The fourth-order valence-corrected chi connectivity index (χ4v) is 2.53. The summed E-state index contributed by atoms with van der Waals surface area (Å²) in [4.78, 5) is 19.1. The van der Waals surface area contributed by atoms with Gasteiger partial charge < -0.3 is 10.6 Å². The molecule has 0 saturated carbocycles. The van der Waals surface area contributed by atoms with Crippen LogP contribution in [0.2, 0.25) is 0 Å². The number of hydrogen-bond acceptors (Lipinski definition) is 4. The number of rotatable bonds is 3. The third-order valence-corrected chi connectivity index (χ3v) is 3.50. The second kappa shape index (κ2) is 5.18. The molecular formula is C13H15N3OS. The van der Waals surface area contributed by atoms with E-state index in [4.69, 9.17) is 5.73 Å². The molecule has 0 spiro atoms.